The van der Waals surface area contributed by atoms with Crippen LogP contribution < -0.4 is 0 Å². The van der Waals surface area contributed by atoms with E-state index in [1.165, 1.54) is 0 Å². The number of hydrogen-bond acceptors (Lipinski definition) is 2. The SMILES string of the molecule is O=C(O)CCCc1c[nH]c2ccncc12. The lowest BCUT2D eigenvalue weighted by Gasteiger charge is -1.96. The van der Waals surface area contributed by atoms with E-state index in [-0.39, 0.29) is 6.42 Å². The lowest BCUT2D eigenvalue weighted by atomic mass is 10.1. The van der Waals surface area contributed by atoms with Gasteiger partial charge in [0.15, 0.2) is 0 Å². The topological polar surface area (TPSA) is 66.0 Å². The highest BCUT2D eigenvalue weighted by molar-refractivity contribution is 5.82. The molecule has 0 saturated heterocycles. The van der Waals surface area contributed by atoms with E-state index in [4.69, 9.17) is 5.11 Å². The molecule has 4 nitrogen and oxygen atoms in total. The predicted octanol–water partition coefficient (Wildman–Crippen LogP) is 1.97. The van der Waals surface area contributed by atoms with E-state index in [1.54, 1.807) is 6.20 Å². The van der Waals surface area contributed by atoms with Gasteiger partial charge in [-0.25, -0.2) is 0 Å². The van der Waals surface area contributed by atoms with Crippen molar-refractivity contribution in [3.8, 4) is 0 Å². The van der Waals surface area contributed by atoms with Crippen LogP contribution in [0.1, 0.15) is 18.4 Å². The molecule has 0 radical (unpaired) electrons. The van der Waals surface area contributed by atoms with Gasteiger partial charge in [0.25, 0.3) is 0 Å². The summed E-state index contributed by atoms with van der Waals surface area (Å²) in [6.45, 7) is 0. The second-order valence-corrected chi connectivity index (χ2v) is 3.48. The van der Waals surface area contributed by atoms with Gasteiger partial charge >= 0.3 is 5.97 Å². The minimum atomic E-state index is -0.743. The summed E-state index contributed by atoms with van der Waals surface area (Å²) >= 11 is 0. The molecule has 0 aromatic carbocycles. The molecule has 2 aromatic rings. The Labute approximate surface area is 87.0 Å². The van der Waals surface area contributed by atoms with Crippen LogP contribution in [0, 0.1) is 0 Å². The van der Waals surface area contributed by atoms with Gasteiger partial charge in [0.1, 0.15) is 0 Å². The van der Waals surface area contributed by atoms with Crippen LogP contribution in [0.25, 0.3) is 10.9 Å². The zero-order chi connectivity index (χ0) is 10.7. The highest BCUT2D eigenvalue weighted by Gasteiger charge is 2.04. The first-order valence-corrected chi connectivity index (χ1v) is 4.89. The molecule has 0 bridgehead atoms. The van der Waals surface area contributed by atoms with Gasteiger partial charge in [-0.15, -0.1) is 0 Å². The molecule has 15 heavy (non-hydrogen) atoms. The summed E-state index contributed by atoms with van der Waals surface area (Å²) in [4.78, 5) is 17.6. The molecule has 0 atom stereocenters. The molecular formula is C11H12N2O2. The molecule has 0 fully saturated rings. The molecule has 4 heteroatoms. The first kappa shape index (κ1) is 9.71. The van der Waals surface area contributed by atoms with Crippen molar-refractivity contribution in [1.29, 1.82) is 0 Å². The zero-order valence-corrected chi connectivity index (χ0v) is 8.23. The third kappa shape index (κ3) is 2.15. The van der Waals surface area contributed by atoms with Gasteiger partial charge < -0.3 is 10.1 Å². The summed E-state index contributed by atoms with van der Waals surface area (Å²) < 4.78 is 0. The summed E-state index contributed by atoms with van der Waals surface area (Å²) in [6, 6.07) is 1.91. The molecule has 2 rings (SSSR count). The Morgan fingerprint density at radius 1 is 1.53 bits per heavy atom. The van der Waals surface area contributed by atoms with Gasteiger partial charge in [-0.3, -0.25) is 9.78 Å². The number of aliphatic carboxylic acids is 1. The molecule has 0 amide bonds. The molecule has 2 heterocycles. The Morgan fingerprint density at radius 3 is 3.20 bits per heavy atom. The number of nitrogens with one attached hydrogen (secondary N) is 1. The highest BCUT2D eigenvalue weighted by atomic mass is 16.4. The van der Waals surface area contributed by atoms with Gasteiger partial charge in [-0.2, -0.15) is 0 Å². The second-order valence-electron chi connectivity index (χ2n) is 3.48. The van der Waals surface area contributed by atoms with E-state index < -0.39 is 5.97 Å². The van der Waals surface area contributed by atoms with Gasteiger partial charge in [-0.05, 0) is 24.5 Å². The smallest absolute Gasteiger partial charge is 0.303 e. The number of carboxylic acids is 1. The number of rotatable bonds is 4. The van der Waals surface area contributed by atoms with Crippen LogP contribution >= 0.6 is 0 Å². The maximum Gasteiger partial charge on any atom is 0.303 e. The maximum absolute atomic E-state index is 10.4. The average molecular weight is 204 g/mol. The van der Waals surface area contributed by atoms with Gasteiger partial charge in [0.05, 0.1) is 0 Å². The van der Waals surface area contributed by atoms with Crippen molar-refractivity contribution in [1.82, 2.24) is 9.97 Å². The molecule has 0 unspecified atom stereocenters. The average Bonchev–Trinajstić information content (AvgIpc) is 2.62. The summed E-state index contributed by atoms with van der Waals surface area (Å²) in [5.74, 6) is -0.743. The Morgan fingerprint density at radius 2 is 2.40 bits per heavy atom. The lowest BCUT2D eigenvalue weighted by Crippen LogP contribution is -1.95. The monoisotopic (exact) mass is 204 g/mol. The fourth-order valence-corrected chi connectivity index (χ4v) is 1.66. The van der Waals surface area contributed by atoms with Crippen LogP contribution in [0.5, 0.6) is 0 Å². The van der Waals surface area contributed by atoms with Crippen LogP contribution in [0.2, 0.25) is 0 Å². The molecule has 0 spiro atoms. The van der Waals surface area contributed by atoms with Crippen LogP contribution in [0.3, 0.4) is 0 Å². The summed E-state index contributed by atoms with van der Waals surface area (Å²) in [7, 11) is 0. The molecule has 2 N–H and O–H groups in total. The van der Waals surface area contributed by atoms with Crippen molar-refractivity contribution in [2.24, 2.45) is 0 Å². The molecule has 0 aliphatic heterocycles. The van der Waals surface area contributed by atoms with Crippen LogP contribution in [-0.2, 0) is 11.2 Å². The van der Waals surface area contributed by atoms with Crippen molar-refractivity contribution in [2.45, 2.75) is 19.3 Å². The summed E-state index contributed by atoms with van der Waals surface area (Å²) in [6.07, 6.45) is 7.12. The van der Waals surface area contributed by atoms with E-state index in [0.29, 0.717) is 6.42 Å². The molecule has 0 aliphatic carbocycles. The molecule has 0 saturated carbocycles. The Hall–Kier alpha value is -1.84. The lowest BCUT2D eigenvalue weighted by molar-refractivity contribution is -0.137. The molecule has 2 aromatic heterocycles. The normalized spacial score (nSPS) is 10.7. The highest BCUT2D eigenvalue weighted by Crippen LogP contribution is 2.18. The van der Waals surface area contributed by atoms with E-state index in [9.17, 15) is 4.79 Å². The number of H-pyrrole nitrogens is 1. The number of aromatic nitrogens is 2. The summed E-state index contributed by atoms with van der Waals surface area (Å²) in [5.41, 5.74) is 2.19. The van der Waals surface area contributed by atoms with Crippen molar-refractivity contribution in [3.05, 3.63) is 30.2 Å². The molecule has 0 aliphatic rings. The Kier molecular flexibility index (Phi) is 2.67. The maximum atomic E-state index is 10.4. The van der Waals surface area contributed by atoms with Crippen molar-refractivity contribution < 1.29 is 9.90 Å². The fraction of sp³-hybridized carbons (Fsp3) is 0.273. The third-order valence-electron chi connectivity index (χ3n) is 2.41. The number of aryl methyl sites for hydroxylation is 1. The first-order chi connectivity index (χ1) is 7.27. The third-order valence-corrected chi connectivity index (χ3v) is 2.41. The van der Waals surface area contributed by atoms with E-state index in [2.05, 4.69) is 9.97 Å². The number of pyridine rings is 1. The Balaban J connectivity index is 2.11. The molecular weight excluding hydrogens is 192 g/mol. The van der Waals surface area contributed by atoms with E-state index in [0.717, 1.165) is 22.9 Å². The molecule has 78 valence electrons. The number of carbonyl (C=O) groups is 1. The van der Waals surface area contributed by atoms with Gasteiger partial charge in [0, 0.05) is 35.9 Å². The predicted molar refractivity (Wildman–Crippen MR) is 56.7 cm³/mol. The minimum absolute atomic E-state index is 0.215. The van der Waals surface area contributed by atoms with Crippen LogP contribution in [-0.4, -0.2) is 21.0 Å². The fourth-order valence-electron chi connectivity index (χ4n) is 1.66. The minimum Gasteiger partial charge on any atom is -0.481 e. The summed E-state index contributed by atoms with van der Waals surface area (Å²) in [5, 5.41) is 9.62. The zero-order valence-electron chi connectivity index (χ0n) is 8.23. The van der Waals surface area contributed by atoms with Crippen molar-refractivity contribution in [2.75, 3.05) is 0 Å². The Bertz CT molecular complexity index is 476. The quantitative estimate of drug-likeness (QED) is 0.800. The van der Waals surface area contributed by atoms with E-state index in [1.807, 2.05) is 18.5 Å². The number of carboxylic acid groups (broad SMARTS) is 1. The van der Waals surface area contributed by atoms with Crippen LogP contribution in [0.4, 0.5) is 0 Å². The van der Waals surface area contributed by atoms with E-state index >= 15 is 0 Å². The number of fused-ring (bicyclic) bond motifs is 1. The standard InChI is InChI=1S/C11H12N2O2/c14-11(15)3-1-2-8-6-13-10-4-5-12-7-9(8)10/h4-7,13H,1-3H2,(H,14,15). The number of nitrogens with zero attached hydrogens (tertiary/aromatic N) is 1. The van der Waals surface area contributed by atoms with Crippen molar-refractivity contribution >= 4 is 16.9 Å². The number of hydrogen-bond donors (Lipinski definition) is 2. The number of aromatic amines is 1. The van der Waals surface area contributed by atoms with Gasteiger partial charge in [0.2, 0.25) is 0 Å². The second kappa shape index (κ2) is 4.13. The van der Waals surface area contributed by atoms with Crippen molar-refractivity contribution in [3.63, 3.8) is 0 Å². The van der Waals surface area contributed by atoms with Crippen LogP contribution in [0.15, 0.2) is 24.7 Å². The first-order valence-electron chi connectivity index (χ1n) is 4.89. The largest absolute Gasteiger partial charge is 0.481 e. The van der Waals surface area contributed by atoms with Gasteiger partial charge in [-0.1, -0.05) is 0 Å².